The van der Waals surface area contributed by atoms with E-state index in [0.717, 1.165) is 5.56 Å². The Balaban J connectivity index is 1.67. The van der Waals surface area contributed by atoms with Gasteiger partial charge in [0.05, 0.1) is 10.6 Å². The quantitative estimate of drug-likeness (QED) is 0.512. The van der Waals surface area contributed by atoms with Crippen molar-refractivity contribution >= 4 is 38.9 Å². The number of carbonyl (C=O) groups is 1. The van der Waals surface area contributed by atoms with Crippen LogP contribution in [0, 0.1) is 13.8 Å². The summed E-state index contributed by atoms with van der Waals surface area (Å²) in [5.74, 6) is 0.292. The van der Waals surface area contributed by atoms with Gasteiger partial charge in [-0.15, -0.1) is 0 Å². The van der Waals surface area contributed by atoms with Crippen molar-refractivity contribution < 1.29 is 17.9 Å². The molecule has 0 saturated carbocycles. The molecule has 0 aromatic heterocycles. The number of nitrogens with one attached hydrogen (secondary N) is 2. The van der Waals surface area contributed by atoms with Crippen molar-refractivity contribution in [2.45, 2.75) is 31.8 Å². The Kier molecular flexibility index (Phi) is 6.87. The zero-order valence-corrected chi connectivity index (χ0v) is 18.9. The van der Waals surface area contributed by atoms with Gasteiger partial charge in [0.15, 0.2) is 6.10 Å². The molecule has 162 valence electrons. The van der Waals surface area contributed by atoms with Crippen molar-refractivity contribution in [3.05, 3.63) is 82.9 Å². The second-order valence-corrected chi connectivity index (χ2v) is 9.15. The van der Waals surface area contributed by atoms with E-state index in [-0.39, 0.29) is 10.8 Å². The number of anilines is 2. The smallest absolute Gasteiger partial charge is 0.265 e. The molecule has 0 bridgehead atoms. The third kappa shape index (κ3) is 5.57. The molecule has 0 fully saturated rings. The molecule has 0 aliphatic heterocycles. The highest BCUT2D eigenvalue weighted by Crippen LogP contribution is 2.26. The molecule has 0 unspecified atom stereocenters. The largest absolute Gasteiger partial charge is 0.481 e. The van der Waals surface area contributed by atoms with E-state index in [9.17, 15) is 13.2 Å². The molecular formula is C23H23ClN2O4S. The number of rotatable bonds is 7. The number of benzene rings is 3. The fourth-order valence-electron chi connectivity index (χ4n) is 2.82. The van der Waals surface area contributed by atoms with Crippen LogP contribution in [-0.4, -0.2) is 20.4 Å². The van der Waals surface area contributed by atoms with Gasteiger partial charge in [0.25, 0.3) is 15.9 Å². The summed E-state index contributed by atoms with van der Waals surface area (Å²) in [5.41, 5.74) is 2.44. The molecule has 31 heavy (non-hydrogen) atoms. The van der Waals surface area contributed by atoms with Crippen LogP contribution in [0.3, 0.4) is 0 Å². The highest BCUT2D eigenvalue weighted by Gasteiger charge is 2.18. The maximum atomic E-state index is 12.7. The molecule has 0 aliphatic rings. The van der Waals surface area contributed by atoms with Gasteiger partial charge in [0, 0.05) is 10.7 Å². The molecule has 1 amide bonds. The highest BCUT2D eigenvalue weighted by molar-refractivity contribution is 7.92. The number of carbonyl (C=O) groups excluding carboxylic acids is 1. The molecule has 0 spiro atoms. The molecular weight excluding hydrogens is 436 g/mol. The van der Waals surface area contributed by atoms with E-state index in [1.54, 1.807) is 38.1 Å². The zero-order valence-electron chi connectivity index (χ0n) is 17.3. The lowest BCUT2D eigenvalue weighted by Crippen LogP contribution is -2.30. The van der Waals surface area contributed by atoms with Crippen molar-refractivity contribution in [1.82, 2.24) is 0 Å². The van der Waals surface area contributed by atoms with E-state index in [1.807, 2.05) is 25.1 Å². The third-order valence-electron chi connectivity index (χ3n) is 4.71. The summed E-state index contributed by atoms with van der Waals surface area (Å²) < 4.78 is 33.6. The predicted molar refractivity (Wildman–Crippen MR) is 123 cm³/mol. The van der Waals surface area contributed by atoms with Crippen LogP contribution in [0.2, 0.25) is 5.02 Å². The van der Waals surface area contributed by atoms with Crippen molar-refractivity contribution in [3.8, 4) is 5.75 Å². The second-order valence-electron chi connectivity index (χ2n) is 7.06. The number of sulfonamides is 1. The van der Waals surface area contributed by atoms with Crippen LogP contribution < -0.4 is 14.8 Å². The molecule has 8 heteroatoms. The summed E-state index contributed by atoms with van der Waals surface area (Å²) in [6.45, 7) is 5.29. The van der Waals surface area contributed by atoms with Crippen LogP contribution in [0.4, 0.5) is 11.4 Å². The predicted octanol–water partition coefficient (Wildman–Crippen LogP) is 5.16. The number of hydrogen-bond donors (Lipinski definition) is 2. The van der Waals surface area contributed by atoms with E-state index < -0.39 is 16.1 Å². The summed E-state index contributed by atoms with van der Waals surface area (Å²) in [4.78, 5) is 12.5. The number of halogens is 1. The molecule has 2 N–H and O–H groups in total. The minimum atomic E-state index is -3.81. The lowest BCUT2D eigenvalue weighted by molar-refractivity contribution is -0.122. The molecule has 1 atom stereocenters. The van der Waals surface area contributed by atoms with Gasteiger partial charge in [-0.05, 0) is 74.4 Å². The Bertz CT molecular complexity index is 1190. The average Bonchev–Trinajstić information content (AvgIpc) is 2.73. The minimum absolute atomic E-state index is 0.0640. The Labute approximate surface area is 187 Å². The van der Waals surface area contributed by atoms with Gasteiger partial charge >= 0.3 is 0 Å². The normalized spacial score (nSPS) is 12.1. The maximum Gasteiger partial charge on any atom is 0.265 e. The summed E-state index contributed by atoms with van der Waals surface area (Å²) in [7, 11) is -3.81. The maximum absolute atomic E-state index is 12.7. The summed E-state index contributed by atoms with van der Waals surface area (Å²) >= 11 is 6.06. The fraction of sp³-hybridized carbons (Fsp3) is 0.174. The van der Waals surface area contributed by atoms with Gasteiger partial charge in [-0.2, -0.15) is 0 Å². The van der Waals surface area contributed by atoms with E-state index >= 15 is 0 Å². The van der Waals surface area contributed by atoms with Crippen LogP contribution in [0.5, 0.6) is 5.75 Å². The molecule has 6 nitrogen and oxygen atoms in total. The summed E-state index contributed by atoms with van der Waals surface area (Å²) in [6, 6.07) is 18.3. The first-order valence-corrected chi connectivity index (χ1v) is 11.4. The van der Waals surface area contributed by atoms with Crippen LogP contribution in [0.25, 0.3) is 0 Å². The topological polar surface area (TPSA) is 84.5 Å². The first-order valence-electron chi connectivity index (χ1n) is 9.58. The van der Waals surface area contributed by atoms with E-state index in [1.165, 1.54) is 24.3 Å². The average molecular weight is 459 g/mol. The van der Waals surface area contributed by atoms with Crippen LogP contribution >= 0.6 is 11.6 Å². The number of hydrogen-bond acceptors (Lipinski definition) is 4. The monoisotopic (exact) mass is 458 g/mol. The van der Waals surface area contributed by atoms with Crippen molar-refractivity contribution in [3.63, 3.8) is 0 Å². The van der Waals surface area contributed by atoms with Crippen molar-refractivity contribution in [2.24, 2.45) is 0 Å². The van der Waals surface area contributed by atoms with Gasteiger partial charge in [0.2, 0.25) is 0 Å². The van der Waals surface area contributed by atoms with Gasteiger partial charge in [-0.1, -0.05) is 35.9 Å². The SMILES string of the molecule is Cc1ccccc1O[C@@H](C)C(=O)Nc1ccc(S(=O)(=O)Nc2cccc(Cl)c2C)cc1. The first-order chi connectivity index (χ1) is 14.7. The molecule has 3 rings (SSSR count). The van der Waals surface area contributed by atoms with Gasteiger partial charge in [-0.3, -0.25) is 9.52 Å². The minimum Gasteiger partial charge on any atom is -0.481 e. The molecule has 0 saturated heterocycles. The van der Waals surface area contributed by atoms with Crippen LogP contribution in [0.15, 0.2) is 71.6 Å². The van der Waals surface area contributed by atoms with Crippen molar-refractivity contribution in [1.29, 1.82) is 0 Å². The number of para-hydroxylation sites is 1. The Morgan fingerprint density at radius 1 is 0.968 bits per heavy atom. The van der Waals surface area contributed by atoms with Crippen molar-refractivity contribution in [2.75, 3.05) is 10.0 Å². The second kappa shape index (κ2) is 9.41. The van der Waals surface area contributed by atoms with Gasteiger partial charge in [-0.25, -0.2) is 8.42 Å². The Hall–Kier alpha value is -3.03. The molecule has 3 aromatic carbocycles. The summed E-state index contributed by atoms with van der Waals surface area (Å²) in [6.07, 6.45) is -0.725. The molecule has 0 radical (unpaired) electrons. The van der Waals surface area contributed by atoms with Crippen LogP contribution in [0.1, 0.15) is 18.1 Å². The Morgan fingerprint density at radius 3 is 2.32 bits per heavy atom. The van der Waals surface area contributed by atoms with Gasteiger partial charge < -0.3 is 10.1 Å². The van der Waals surface area contributed by atoms with E-state index in [4.69, 9.17) is 16.3 Å². The third-order valence-corrected chi connectivity index (χ3v) is 6.50. The lowest BCUT2D eigenvalue weighted by Gasteiger charge is -2.16. The first kappa shape index (κ1) is 22.7. The van der Waals surface area contributed by atoms with E-state index in [0.29, 0.717) is 27.7 Å². The van der Waals surface area contributed by atoms with Gasteiger partial charge in [0.1, 0.15) is 5.75 Å². The highest BCUT2D eigenvalue weighted by atomic mass is 35.5. The zero-order chi connectivity index (χ0) is 22.6. The fourth-order valence-corrected chi connectivity index (χ4v) is 4.11. The van der Waals surface area contributed by atoms with Crippen LogP contribution in [-0.2, 0) is 14.8 Å². The number of amides is 1. The molecule has 0 heterocycles. The van der Waals surface area contributed by atoms with E-state index in [2.05, 4.69) is 10.0 Å². The summed E-state index contributed by atoms with van der Waals surface area (Å²) in [5, 5.41) is 3.20. The Morgan fingerprint density at radius 2 is 1.65 bits per heavy atom. The molecule has 0 aliphatic carbocycles. The molecule has 3 aromatic rings. The lowest BCUT2D eigenvalue weighted by atomic mass is 10.2. The number of aryl methyl sites for hydroxylation is 1. The standard InChI is InChI=1S/C23H23ClN2O4S/c1-15-7-4-5-10-22(15)30-17(3)23(27)25-18-11-13-19(14-12-18)31(28,29)26-21-9-6-8-20(24)16(21)2/h4-14,17,26H,1-3H3,(H,25,27)/t17-/m0/s1. The number of ether oxygens (including phenoxy) is 1.